The lowest BCUT2D eigenvalue weighted by molar-refractivity contribution is 0.585. The molecule has 0 saturated carbocycles. The molecule has 1 fully saturated rings. The van der Waals surface area contributed by atoms with Crippen LogP contribution in [0.3, 0.4) is 0 Å². The molecule has 0 atom stereocenters. The molecule has 2 rings (SSSR count). The normalized spacial score (nSPS) is 20.3. The minimum Gasteiger partial charge on any atom is -0.398 e. The first kappa shape index (κ1) is 8.83. The maximum absolute atomic E-state index is 12.4. The second-order valence-corrected chi connectivity index (χ2v) is 6.76. The summed E-state index contributed by atoms with van der Waals surface area (Å²) in [6.45, 7) is 0. The zero-order valence-electron chi connectivity index (χ0n) is 7.57. The molecular formula is C10H14NOP. The minimum absolute atomic E-state index is 0.702. The third-order valence-corrected chi connectivity index (χ3v) is 6.03. The number of para-hydroxylation sites is 1. The van der Waals surface area contributed by atoms with E-state index in [0.29, 0.717) is 5.69 Å². The van der Waals surface area contributed by atoms with E-state index in [4.69, 9.17) is 5.73 Å². The van der Waals surface area contributed by atoms with Gasteiger partial charge in [-0.1, -0.05) is 12.1 Å². The largest absolute Gasteiger partial charge is 0.398 e. The van der Waals surface area contributed by atoms with Gasteiger partial charge in [-0.3, -0.25) is 0 Å². The zero-order chi connectivity index (χ0) is 9.31. The van der Waals surface area contributed by atoms with E-state index < -0.39 is 7.14 Å². The summed E-state index contributed by atoms with van der Waals surface area (Å²) >= 11 is 0. The van der Waals surface area contributed by atoms with E-state index in [1.54, 1.807) is 0 Å². The van der Waals surface area contributed by atoms with Gasteiger partial charge in [0.2, 0.25) is 0 Å². The van der Waals surface area contributed by atoms with Gasteiger partial charge in [-0.15, -0.1) is 0 Å². The summed E-state index contributed by atoms with van der Waals surface area (Å²) in [5.74, 6) is 0. The van der Waals surface area contributed by atoms with Gasteiger partial charge in [-0.2, -0.15) is 0 Å². The molecule has 2 nitrogen and oxygen atoms in total. The molecule has 1 aliphatic rings. The summed E-state index contributed by atoms with van der Waals surface area (Å²) in [4.78, 5) is 0. The number of anilines is 1. The number of hydrogen-bond donors (Lipinski definition) is 1. The van der Waals surface area contributed by atoms with Crippen molar-refractivity contribution >= 4 is 18.1 Å². The first-order valence-electron chi connectivity index (χ1n) is 4.65. The Balaban J connectivity index is 2.45. The Bertz CT molecular complexity index is 352. The van der Waals surface area contributed by atoms with E-state index in [1.165, 1.54) is 0 Å². The Morgan fingerprint density at radius 1 is 1.15 bits per heavy atom. The standard InChI is InChI=1S/C10H14NOP/c11-9-5-1-2-6-10(9)13(12)7-3-4-8-13/h1-2,5-6H,3-4,7-8,11H2. The van der Waals surface area contributed by atoms with Crippen LogP contribution in [0.2, 0.25) is 0 Å². The Kier molecular flexibility index (Phi) is 2.17. The van der Waals surface area contributed by atoms with Crippen molar-refractivity contribution in [3.05, 3.63) is 24.3 Å². The number of hydrogen-bond acceptors (Lipinski definition) is 2. The highest BCUT2D eigenvalue weighted by atomic mass is 31.2. The van der Waals surface area contributed by atoms with Crippen LogP contribution in [-0.2, 0) is 4.57 Å². The van der Waals surface area contributed by atoms with Gasteiger partial charge in [0.15, 0.2) is 0 Å². The SMILES string of the molecule is Nc1ccccc1P1(=O)CCCC1. The quantitative estimate of drug-likeness (QED) is 0.550. The number of rotatable bonds is 1. The van der Waals surface area contributed by atoms with Gasteiger partial charge in [0.1, 0.15) is 7.14 Å². The van der Waals surface area contributed by atoms with Crippen LogP contribution in [-0.4, -0.2) is 12.3 Å². The molecule has 1 saturated heterocycles. The summed E-state index contributed by atoms with van der Waals surface area (Å²) in [5, 5.41) is 0.910. The highest BCUT2D eigenvalue weighted by Gasteiger charge is 2.30. The van der Waals surface area contributed by atoms with Crippen LogP contribution in [0.15, 0.2) is 24.3 Å². The highest BCUT2D eigenvalue weighted by Crippen LogP contribution is 2.51. The second kappa shape index (κ2) is 3.19. The molecule has 3 heteroatoms. The average Bonchev–Trinajstić information content (AvgIpc) is 2.54. The van der Waals surface area contributed by atoms with Crippen LogP contribution < -0.4 is 11.0 Å². The van der Waals surface area contributed by atoms with E-state index in [1.807, 2.05) is 24.3 Å². The molecule has 0 aromatic heterocycles. The molecule has 13 heavy (non-hydrogen) atoms. The monoisotopic (exact) mass is 195 g/mol. The maximum atomic E-state index is 12.4. The fourth-order valence-electron chi connectivity index (χ4n) is 1.95. The van der Waals surface area contributed by atoms with Gasteiger partial charge < -0.3 is 10.3 Å². The third-order valence-electron chi connectivity index (χ3n) is 2.66. The first-order chi connectivity index (χ1) is 6.22. The fraction of sp³-hybridized carbons (Fsp3) is 0.400. The summed E-state index contributed by atoms with van der Waals surface area (Å²) in [6, 6.07) is 7.57. The molecule has 0 bridgehead atoms. The van der Waals surface area contributed by atoms with Crippen LogP contribution >= 0.6 is 7.14 Å². The van der Waals surface area contributed by atoms with Gasteiger partial charge in [-0.05, 0) is 25.0 Å². The molecule has 0 unspecified atom stereocenters. The Hall–Kier alpha value is -0.750. The number of nitrogens with two attached hydrogens (primary N) is 1. The van der Waals surface area contributed by atoms with Crippen molar-refractivity contribution in [2.75, 3.05) is 18.1 Å². The van der Waals surface area contributed by atoms with Crippen molar-refractivity contribution in [3.8, 4) is 0 Å². The lowest BCUT2D eigenvalue weighted by atomic mass is 10.3. The zero-order valence-corrected chi connectivity index (χ0v) is 8.47. The predicted octanol–water partition coefficient (Wildman–Crippen LogP) is 2.05. The summed E-state index contributed by atoms with van der Waals surface area (Å²) < 4.78 is 12.4. The van der Waals surface area contributed by atoms with Gasteiger partial charge in [0.05, 0.1) is 0 Å². The first-order valence-corrected chi connectivity index (χ1v) is 6.73. The Labute approximate surface area is 78.5 Å². The van der Waals surface area contributed by atoms with Crippen molar-refractivity contribution in [1.82, 2.24) is 0 Å². The van der Waals surface area contributed by atoms with E-state index >= 15 is 0 Å². The molecule has 1 aromatic rings. The summed E-state index contributed by atoms with van der Waals surface area (Å²) in [7, 11) is -2.09. The number of benzene rings is 1. The van der Waals surface area contributed by atoms with Gasteiger partial charge >= 0.3 is 0 Å². The molecule has 0 spiro atoms. The molecule has 2 N–H and O–H groups in total. The molecule has 1 aliphatic heterocycles. The maximum Gasteiger partial charge on any atom is 0.117 e. The van der Waals surface area contributed by atoms with Crippen LogP contribution in [0.5, 0.6) is 0 Å². The van der Waals surface area contributed by atoms with Crippen molar-refractivity contribution < 1.29 is 4.57 Å². The summed E-state index contributed by atoms with van der Waals surface area (Å²) in [6.07, 6.45) is 3.87. The second-order valence-electron chi connectivity index (χ2n) is 3.60. The van der Waals surface area contributed by atoms with Crippen LogP contribution in [0, 0.1) is 0 Å². The summed E-state index contributed by atoms with van der Waals surface area (Å²) in [5.41, 5.74) is 6.51. The lowest BCUT2D eigenvalue weighted by Gasteiger charge is -2.13. The van der Waals surface area contributed by atoms with E-state index in [-0.39, 0.29) is 0 Å². The number of nitrogen functional groups attached to an aromatic ring is 1. The smallest absolute Gasteiger partial charge is 0.117 e. The van der Waals surface area contributed by atoms with Crippen LogP contribution in [0.4, 0.5) is 5.69 Å². The Morgan fingerprint density at radius 3 is 2.38 bits per heavy atom. The van der Waals surface area contributed by atoms with Gasteiger partial charge in [0, 0.05) is 23.3 Å². The molecule has 0 radical (unpaired) electrons. The van der Waals surface area contributed by atoms with E-state index in [9.17, 15) is 4.57 Å². The Morgan fingerprint density at radius 2 is 1.77 bits per heavy atom. The van der Waals surface area contributed by atoms with Crippen LogP contribution in [0.25, 0.3) is 0 Å². The third kappa shape index (κ3) is 1.51. The van der Waals surface area contributed by atoms with E-state index in [0.717, 1.165) is 30.5 Å². The topological polar surface area (TPSA) is 43.1 Å². The predicted molar refractivity (Wildman–Crippen MR) is 57.1 cm³/mol. The highest BCUT2D eigenvalue weighted by molar-refractivity contribution is 7.72. The average molecular weight is 195 g/mol. The molecule has 1 heterocycles. The molecule has 0 amide bonds. The lowest BCUT2D eigenvalue weighted by Crippen LogP contribution is -2.11. The molecule has 70 valence electrons. The molecule has 1 aromatic carbocycles. The van der Waals surface area contributed by atoms with Gasteiger partial charge in [-0.25, -0.2) is 0 Å². The van der Waals surface area contributed by atoms with Crippen LogP contribution in [0.1, 0.15) is 12.8 Å². The van der Waals surface area contributed by atoms with Crippen molar-refractivity contribution in [2.24, 2.45) is 0 Å². The van der Waals surface area contributed by atoms with E-state index in [2.05, 4.69) is 0 Å². The minimum atomic E-state index is -2.09. The van der Waals surface area contributed by atoms with Crippen molar-refractivity contribution in [2.45, 2.75) is 12.8 Å². The van der Waals surface area contributed by atoms with Crippen molar-refractivity contribution in [3.63, 3.8) is 0 Å². The van der Waals surface area contributed by atoms with Gasteiger partial charge in [0.25, 0.3) is 0 Å². The molecule has 0 aliphatic carbocycles. The van der Waals surface area contributed by atoms with Crippen molar-refractivity contribution in [1.29, 1.82) is 0 Å². The molecular weight excluding hydrogens is 181 g/mol. The fourth-order valence-corrected chi connectivity index (χ4v) is 5.02.